The number of hydrogen-bond donors (Lipinski definition) is 0. The van der Waals surface area contributed by atoms with Gasteiger partial charge in [0, 0.05) is 23.0 Å². The van der Waals surface area contributed by atoms with Crippen LogP contribution in [0.1, 0.15) is 13.8 Å². The molecule has 0 aliphatic heterocycles. The predicted octanol–water partition coefficient (Wildman–Crippen LogP) is 3.72. The fourth-order valence-electron chi connectivity index (χ4n) is 1.69. The summed E-state index contributed by atoms with van der Waals surface area (Å²) in [6.07, 6.45) is 0. The lowest BCUT2D eigenvalue weighted by Crippen LogP contribution is -2.59. The van der Waals surface area contributed by atoms with Gasteiger partial charge in [-0.25, -0.2) is 0 Å². The van der Waals surface area contributed by atoms with E-state index >= 15 is 0 Å². The van der Waals surface area contributed by atoms with Gasteiger partial charge in [-0.2, -0.15) is 0 Å². The zero-order valence-corrected chi connectivity index (χ0v) is 12.9. The molecule has 0 nitrogen and oxygen atoms in total. The van der Waals surface area contributed by atoms with Crippen LogP contribution in [0, 0.1) is 0 Å². The molecule has 0 bridgehead atoms. The van der Waals surface area contributed by atoms with Crippen LogP contribution in [-0.2, 0) is 0 Å². The van der Waals surface area contributed by atoms with Gasteiger partial charge >= 0.3 is 0 Å². The van der Waals surface area contributed by atoms with Crippen molar-refractivity contribution in [2.24, 2.45) is 0 Å². The lowest BCUT2D eigenvalue weighted by molar-refractivity contribution is 1.29. The molecule has 0 saturated carbocycles. The maximum Gasteiger partial charge on any atom is 0.0385 e. The van der Waals surface area contributed by atoms with Crippen molar-refractivity contribution in [3.8, 4) is 0 Å². The first-order valence-corrected chi connectivity index (χ1v) is 15.5. The van der Waals surface area contributed by atoms with Crippen LogP contribution in [0.3, 0.4) is 0 Å². The SMILES string of the molecule is CC[Si](C)(CC)[Si](C)[Si](C)(C)C. The van der Waals surface area contributed by atoms with Gasteiger partial charge in [0.05, 0.1) is 0 Å². The van der Waals surface area contributed by atoms with Gasteiger partial charge in [0.2, 0.25) is 0 Å². The topological polar surface area (TPSA) is 0 Å². The van der Waals surface area contributed by atoms with Gasteiger partial charge in [0.15, 0.2) is 0 Å². The van der Waals surface area contributed by atoms with Crippen molar-refractivity contribution in [2.75, 3.05) is 0 Å². The first-order valence-electron chi connectivity index (χ1n) is 5.12. The molecule has 0 aromatic heterocycles. The Labute approximate surface area is 82.0 Å². The molecular formula is C9H25Si3. The second-order valence-electron chi connectivity index (χ2n) is 5.14. The Bertz CT molecular complexity index is 133. The van der Waals surface area contributed by atoms with Crippen LogP contribution in [0.2, 0.25) is 44.8 Å². The molecule has 0 spiro atoms. The van der Waals surface area contributed by atoms with Gasteiger partial charge in [-0.05, 0) is 0 Å². The summed E-state index contributed by atoms with van der Waals surface area (Å²) in [6, 6.07) is 3.02. The van der Waals surface area contributed by atoms with Crippen LogP contribution in [0.15, 0.2) is 0 Å². The fourth-order valence-corrected chi connectivity index (χ4v) is 33.1. The average Bonchev–Trinajstić information content (AvgIpc) is 2.00. The summed E-state index contributed by atoms with van der Waals surface area (Å²) < 4.78 is 0. The van der Waals surface area contributed by atoms with Crippen molar-refractivity contribution in [2.45, 2.75) is 58.7 Å². The lowest BCUT2D eigenvalue weighted by atomic mass is 10.9. The molecule has 0 unspecified atom stereocenters. The van der Waals surface area contributed by atoms with Gasteiger partial charge in [-0.1, -0.05) is 58.7 Å². The largest absolute Gasteiger partial charge is 0.0750 e. The van der Waals surface area contributed by atoms with E-state index in [4.69, 9.17) is 0 Å². The zero-order valence-electron chi connectivity index (χ0n) is 9.91. The van der Waals surface area contributed by atoms with Crippen LogP contribution in [-0.4, -0.2) is 23.0 Å². The van der Waals surface area contributed by atoms with E-state index in [-0.39, 0.29) is 7.83 Å². The van der Waals surface area contributed by atoms with E-state index in [0.717, 1.165) is 0 Å². The van der Waals surface area contributed by atoms with E-state index in [0.29, 0.717) is 0 Å². The van der Waals surface area contributed by atoms with Crippen LogP contribution < -0.4 is 0 Å². The maximum atomic E-state index is 2.64. The van der Waals surface area contributed by atoms with E-state index in [1.165, 1.54) is 12.1 Å². The van der Waals surface area contributed by atoms with Gasteiger partial charge in [-0.15, -0.1) is 0 Å². The summed E-state index contributed by atoms with van der Waals surface area (Å²) in [6.45, 7) is 17.8. The molecule has 0 heterocycles. The molecule has 1 radical (unpaired) electrons. The molecule has 0 amide bonds. The third-order valence-corrected chi connectivity index (χ3v) is 37.3. The van der Waals surface area contributed by atoms with Crippen LogP contribution in [0.4, 0.5) is 0 Å². The molecule has 0 rings (SSSR count). The monoisotopic (exact) mass is 217 g/mol. The highest BCUT2D eigenvalue weighted by Gasteiger charge is 2.39. The molecule has 0 aromatic carbocycles. The van der Waals surface area contributed by atoms with Crippen LogP contribution in [0.25, 0.3) is 0 Å². The number of hydrogen-bond acceptors (Lipinski definition) is 0. The highest BCUT2D eigenvalue weighted by atomic mass is 29.6. The fraction of sp³-hybridized carbons (Fsp3) is 1.00. The van der Waals surface area contributed by atoms with Gasteiger partial charge in [0.1, 0.15) is 0 Å². The Balaban J connectivity index is 4.53. The molecule has 0 aliphatic carbocycles. The smallest absolute Gasteiger partial charge is 0.0385 e. The van der Waals surface area contributed by atoms with Gasteiger partial charge < -0.3 is 0 Å². The minimum absolute atomic E-state index is 0.0340. The minimum atomic E-state index is -0.774. The summed E-state index contributed by atoms with van der Waals surface area (Å²) in [7, 11) is -1.51. The van der Waals surface area contributed by atoms with E-state index in [1.807, 2.05) is 0 Å². The van der Waals surface area contributed by atoms with Crippen molar-refractivity contribution in [1.82, 2.24) is 0 Å². The molecule has 3 heteroatoms. The molecule has 0 atom stereocenters. The van der Waals surface area contributed by atoms with E-state index in [2.05, 4.69) is 46.6 Å². The predicted molar refractivity (Wildman–Crippen MR) is 67.5 cm³/mol. The molecule has 73 valence electrons. The maximum absolute atomic E-state index is 2.64. The number of rotatable bonds is 4. The van der Waals surface area contributed by atoms with Crippen molar-refractivity contribution in [3.05, 3.63) is 0 Å². The molecule has 0 aliphatic rings. The summed E-state index contributed by atoms with van der Waals surface area (Å²) >= 11 is 0. The summed E-state index contributed by atoms with van der Waals surface area (Å²) in [5.74, 6) is 0. The molecular weight excluding hydrogens is 192 g/mol. The van der Waals surface area contributed by atoms with Crippen molar-refractivity contribution in [1.29, 1.82) is 0 Å². The van der Waals surface area contributed by atoms with Crippen LogP contribution >= 0.6 is 0 Å². The minimum Gasteiger partial charge on any atom is -0.0750 e. The van der Waals surface area contributed by atoms with Crippen molar-refractivity contribution >= 4 is 23.0 Å². The van der Waals surface area contributed by atoms with Gasteiger partial charge in [0.25, 0.3) is 0 Å². The zero-order chi connectivity index (χ0) is 9.99. The Kier molecular flexibility index (Phi) is 4.47. The Morgan fingerprint density at radius 1 is 0.917 bits per heavy atom. The van der Waals surface area contributed by atoms with E-state index < -0.39 is 15.2 Å². The third kappa shape index (κ3) is 2.85. The Morgan fingerprint density at radius 2 is 1.25 bits per heavy atom. The molecule has 0 saturated heterocycles. The Hall–Kier alpha value is 0.651. The van der Waals surface area contributed by atoms with Crippen LogP contribution in [0.5, 0.6) is 0 Å². The summed E-state index contributed by atoms with van der Waals surface area (Å²) in [5, 5.41) is 0. The molecule has 0 N–H and O–H groups in total. The van der Waals surface area contributed by atoms with E-state index in [1.54, 1.807) is 0 Å². The van der Waals surface area contributed by atoms with Crippen molar-refractivity contribution in [3.63, 3.8) is 0 Å². The second kappa shape index (κ2) is 4.24. The second-order valence-corrected chi connectivity index (χ2v) is 29.5. The third-order valence-electron chi connectivity index (χ3n) is 3.59. The highest BCUT2D eigenvalue weighted by Crippen LogP contribution is 2.24. The van der Waals surface area contributed by atoms with Crippen molar-refractivity contribution < 1.29 is 0 Å². The van der Waals surface area contributed by atoms with E-state index in [9.17, 15) is 0 Å². The molecule has 0 fully saturated rings. The van der Waals surface area contributed by atoms with Gasteiger partial charge in [-0.3, -0.25) is 0 Å². The molecule has 0 aromatic rings. The standard InChI is InChI=1S/C9H25Si3/c1-8-12(7,9-2)10(3)11(4,5)6/h8-9H2,1-7H3. The lowest BCUT2D eigenvalue weighted by Gasteiger charge is -2.38. The summed E-state index contributed by atoms with van der Waals surface area (Å²) in [4.78, 5) is 0. The quantitative estimate of drug-likeness (QED) is 0.630. The average molecular weight is 218 g/mol. The first kappa shape index (κ1) is 12.7. The first-order chi connectivity index (χ1) is 5.28. The highest BCUT2D eigenvalue weighted by molar-refractivity contribution is 7.60. The molecule has 12 heavy (non-hydrogen) atoms. The summed E-state index contributed by atoms with van der Waals surface area (Å²) in [5.41, 5.74) is 0. The normalized spacial score (nSPS) is 14.0. The Morgan fingerprint density at radius 3 is 1.33 bits per heavy atom.